The van der Waals surface area contributed by atoms with Crippen LogP contribution in [0.4, 0.5) is 4.79 Å². The van der Waals surface area contributed by atoms with E-state index in [2.05, 4.69) is 5.32 Å². The predicted molar refractivity (Wildman–Crippen MR) is 102 cm³/mol. The molecule has 2 aromatic rings. The molecule has 5 nitrogen and oxygen atoms in total. The zero-order valence-corrected chi connectivity index (χ0v) is 16.0. The second kappa shape index (κ2) is 7.82. The summed E-state index contributed by atoms with van der Waals surface area (Å²) in [6.07, 6.45) is 1.18. The van der Waals surface area contributed by atoms with E-state index in [9.17, 15) is 9.59 Å². The second-order valence-electron chi connectivity index (χ2n) is 7.71. The molecule has 1 N–H and O–H groups in total. The van der Waals surface area contributed by atoms with Crippen molar-refractivity contribution in [2.75, 3.05) is 0 Å². The number of rotatable bonds is 4. The van der Waals surface area contributed by atoms with Crippen molar-refractivity contribution in [3.8, 4) is 0 Å². The van der Waals surface area contributed by atoms with E-state index in [-0.39, 0.29) is 18.6 Å². The molecule has 0 bridgehead atoms. The van der Waals surface area contributed by atoms with E-state index in [1.54, 1.807) is 6.07 Å². The Morgan fingerprint density at radius 1 is 1.11 bits per heavy atom. The minimum atomic E-state index is -0.547. The first-order valence-corrected chi connectivity index (χ1v) is 9.15. The molecule has 0 aromatic heterocycles. The molecule has 0 fully saturated rings. The van der Waals surface area contributed by atoms with Gasteiger partial charge in [-0.15, -0.1) is 0 Å². The van der Waals surface area contributed by atoms with Crippen LogP contribution in [0.15, 0.2) is 48.5 Å². The molecule has 0 saturated carbocycles. The third-order valence-electron chi connectivity index (χ3n) is 4.36. The van der Waals surface area contributed by atoms with Gasteiger partial charge in [0.2, 0.25) is 0 Å². The quantitative estimate of drug-likeness (QED) is 0.805. The second-order valence-corrected chi connectivity index (χ2v) is 7.71. The number of carbonyl (C=O) groups excluding carboxylic acids is 2. The molecule has 5 heteroatoms. The Morgan fingerprint density at radius 3 is 2.56 bits per heavy atom. The molecule has 1 unspecified atom stereocenters. The molecule has 27 heavy (non-hydrogen) atoms. The van der Waals surface area contributed by atoms with Crippen LogP contribution in [-0.2, 0) is 22.5 Å². The van der Waals surface area contributed by atoms with Crippen molar-refractivity contribution in [3.05, 3.63) is 70.8 Å². The molecule has 142 valence electrons. The zero-order valence-electron chi connectivity index (χ0n) is 16.0. The van der Waals surface area contributed by atoms with E-state index in [0.717, 1.165) is 29.5 Å². The van der Waals surface area contributed by atoms with E-state index in [1.165, 1.54) is 0 Å². The minimum absolute atomic E-state index is 0.161. The largest absolute Gasteiger partial charge is 0.456 e. The molecule has 0 aliphatic heterocycles. The number of nitrogens with one attached hydrogen (secondary N) is 1. The van der Waals surface area contributed by atoms with E-state index < -0.39 is 11.7 Å². The summed E-state index contributed by atoms with van der Waals surface area (Å²) < 4.78 is 10.7. The van der Waals surface area contributed by atoms with E-state index in [4.69, 9.17) is 9.47 Å². The first-order chi connectivity index (χ1) is 12.8. The summed E-state index contributed by atoms with van der Waals surface area (Å²) >= 11 is 0. The normalized spacial score (nSPS) is 15.7. The van der Waals surface area contributed by atoms with Crippen LogP contribution in [0, 0.1) is 0 Å². The highest BCUT2D eigenvalue weighted by Crippen LogP contribution is 2.32. The summed E-state index contributed by atoms with van der Waals surface area (Å²) in [5, 5.41) is 2.91. The lowest BCUT2D eigenvalue weighted by Crippen LogP contribution is -2.28. The number of aryl methyl sites for hydroxylation is 1. The molecule has 0 radical (unpaired) electrons. The lowest BCUT2D eigenvalue weighted by Gasteiger charge is -2.20. The maximum atomic E-state index is 12.3. The number of amides is 1. The third kappa shape index (κ3) is 5.09. The first kappa shape index (κ1) is 19.0. The number of hydrogen-bond acceptors (Lipinski definition) is 4. The summed E-state index contributed by atoms with van der Waals surface area (Å²) in [7, 11) is 0. The highest BCUT2D eigenvalue weighted by Gasteiger charge is 2.27. The summed E-state index contributed by atoms with van der Waals surface area (Å²) in [6, 6.07) is 14.9. The van der Waals surface area contributed by atoms with Crippen LogP contribution in [0.25, 0.3) is 0 Å². The van der Waals surface area contributed by atoms with E-state index in [1.807, 2.05) is 63.2 Å². The van der Waals surface area contributed by atoms with Gasteiger partial charge in [-0.2, -0.15) is 0 Å². The van der Waals surface area contributed by atoms with Gasteiger partial charge in [-0.1, -0.05) is 36.4 Å². The maximum Gasteiger partial charge on any atom is 0.407 e. The number of hydrogen-bond donors (Lipinski definition) is 1. The van der Waals surface area contributed by atoms with E-state index >= 15 is 0 Å². The van der Waals surface area contributed by atoms with Crippen molar-refractivity contribution in [2.45, 2.75) is 51.9 Å². The van der Waals surface area contributed by atoms with Crippen LogP contribution in [0.2, 0.25) is 0 Å². The highest BCUT2D eigenvalue weighted by molar-refractivity contribution is 5.90. The Labute approximate surface area is 159 Å². The SMILES string of the molecule is CC(C)(C)OC(=O)c1ccc2c(c1)C(NC(=O)OCc1ccccc1)CC2. The van der Waals surface area contributed by atoms with Gasteiger partial charge in [-0.3, -0.25) is 0 Å². The Morgan fingerprint density at radius 2 is 1.85 bits per heavy atom. The monoisotopic (exact) mass is 367 g/mol. The number of benzene rings is 2. The maximum absolute atomic E-state index is 12.3. The molecule has 1 aliphatic rings. The average molecular weight is 367 g/mol. The van der Waals surface area contributed by atoms with Crippen LogP contribution in [-0.4, -0.2) is 17.7 Å². The number of esters is 1. The fraction of sp³-hybridized carbons (Fsp3) is 0.364. The van der Waals surface area contributed by atoms with Gasteiger partial charge >= 0.3 is 12.1 Å². The van der Waals surface area contributed by atoms with Gasteiger partial charge in [0.15, 0.2) is 0 Å². The number of carbonyl (C=O) groups is 2. The first-order valence-electron chi connectivity index (χ1n) is 9.15. The van der Waals surface area contributed by atoms with Crippen LogP contribution in [0.5, 0.6) is 0 Å². The number of alkyl carbamates (subject to hydrolysis) is 1. The lowest BCUT2D eigenvalue weighted by atomic mass is 10.0. The van der Waals surface area contributed by atoms with Crippen LogP contribution in [0.1, 0.15) is 60.3 Å². The zero-order chi connectivity index (χ0) is 19.4. The Hall–Kier alpha value is -2.82. The van der Waals surface area contributed by atoms with Gasteiger partial charge < -0.3 is 14.8 Å². The van der Waals surface area contributed by atoms with Gasteiger partial charge in [-0.05, 0) is 62.4 Å². The Balaban J connectivity index is 1.64. The molecule has 0 heterocycles. The molecular weight excluding hydrogens is 342 g/mol. The lowest BCUT2D eigenvalue weighted by molar-refractivity contribution is 0.00694. The molecule has 0 spiro atoms. The van der Waals surface area contributed by atoms with Crippen LogP contribution < -0.4 is 5.32 Å². The third-order valence-corrected chi connectivity index (χ3v) is 4.36. The fourth-order valence-electron chi connectivity index (χ4n) is 3.12. The van der Waals surface area contributed by atoms with Crippen molar-refractivity contribution in [1.29, 1.82) is 0 Å². The van der Waals surface area contributed by atoms with Crippen molar-refractivity contribution in [2.24, 2.45) is 0 Å². The standard InChI is InChI=1S/C22H25NO4/c1-22(2,3)27-20(24)17-10-9-16-11-12-19(18(16)13-17)23-21(25)26-14-15-7-5-4-6-8-15/h4-10,13,19H,11-12,14H2,1-3H3,(H,23,25). The molecule has 1 atom stereocenters. The molecule has 1 aliphatic carbocycles. The van der Waals surface area contributed by atoms with Gasteiger partial charge in [-0.25, -0.2) is 9.59 Å². The predicted octanol–water partition coefficient (Wildman–Crippen LogP) is 4.56. The summed E-state index contributed by atoms with van der Waals surface area (Å²) in [6.45, 7) is 5.74. The Bertz CT molecular complexity index is 824. The fourth-order valence-corrected chi connectivity index (χ4v) is 3.12. The molecule has 0 saturated heterocycles. The van der Waals surface area contributed by atoms with Gasteiger partial charge in [0.25, 0.3) is 0 Å². The van der Waals surface area contributed by atoms with Gasteiger partial charge in [0.1, 0.15) is 12.2 Å². The number of ether oxygens (including phenoxy) is 2. The molecule has 1 amide bonds. The highest BCUT2D eigenvalue weighted by atomic mass is 16.6. The minimum Gasteiger partial charge on any atom is -0.456 e. The van der Waals surface area contributed by atoms with Gasteiger partial charge in [0.05, 0.1) is 11.6 Å². The van der Waals surface area contributed by atoms with Crippen molar-refractivity contribution in [1.82, 2.24) is 5.32 Å². The summed E-state index contributed by atoms with van der Waals surface area (Å²) in [5.74, 6) is -0.359. The average Bonchev–Trinajstić information content (AvgIpc) is 3.01. The molecule has 2 aromatic carbocycles. The van der Waals surface area contributed by atoms with Crippen LogP contribution in [0.3, 0.4) is 0 Å². The van der Waals surface area contributed by atoms with Crippen LogP contribution >= 0.6 is 0 Å². The smallest absolute Gasteiger partial charge is 0.407 e. The number of fused-ring (bicyclic) bond motifs is 1. The van der Waals surface area contributed by atoms with Gasteiger partial charge in [0, 0.05) is 0 Å². The topological polar surface area (TPSA) is 64.6 Å². The molecular formula is C22H25NO4. The van der Waals surface area contributed by atoms with Crippen molar-refractivity contribution < 1.29 is 19.1 Å². The van der Waals surface area contributed by atoms with E-state index in [0.29, 0.717) is 5.56 Å². The van der Waals surface area contributed by atoms with Crippen molar-refractivity contribution >= 4 is 12.1 Å². The van der Waals surface area contributed by atoms with Crippen molar-refractivity contribution in [3.63, 3.8) is 0 Å². The summed E-state index contributed by atoms with van der Waals surface area (Å²) in [4.78, 5) is 24.5. The Kier molecular flexibility index (Phi) is 5.49. The summed E-state index contributed by atoms with van der Waals surface area (Å²) in [5.41, 5.74) is 2.97. The molecule has 3 rings (SSSR count).